The number of halogens is 1. The molecule has 19 heavy (non-hydrogen) atoms. The number of aromatic hydroxyl groups is 1. The maximum absolute atomic E-state index is 9.93. The molecule has 0 aromatic heterocycles. The number of hydrogen-bond donors (Lipinski definition) is 1. The van der Waals surface area contributed by atoms with Gasteiger partial charge in [-0.05, 0) is 62.4 Å². The summed E-state index contributed by atoms with van der Waals surface area (Å²) in [5.41, 5.74) is 1.03. The van der Waals surface area contributed by atoms with Gasteiger partial charge in [-0.2, -0.15) is 0 Å². The highest BCUT2D eigenvalue weighted by Crippen LogP contribution is 2.27. The minimum atomic E-state index is 0.410. The van der Waals surface area contributed by atoms with Gasteiger partial charge in [-0.1, -0.05) is 29.8 Å². The fourth-order valence-corrected chi connectivity index (χ4v) is 3.34. The number of phenols is 1. The summed E-state index contributed by atoms with van der Waals surface area (Å²) >= 11 is 3.48. The third-order valence-electron chi connectivity index (χ3n) is 4.24. The zero-order chi connectivity index (χ0) is 13.8. The lowest BCUT2D eigenvalue weighted by Gasteiger charge is -2.21. The van der Waals surface area contributed by atoms with Gasteiger partial charge in [0.2, 0.25) is 0 Å². The second-order valence-electron chi connectivity index (χ2n) is 5.98. The van der Waals surface area contributed by atoms with Gasteiger partial charge in [0, 0.05) is 16.6 Å². The van der Waals surface area contributed by atoms with E-state index in [1.54, 1.807) is 6.07 Å². The fraction of sp³-hybridized carbons (Fsp3) is 0.625. The van der Waals surface area contributed by atoms with Gasteiger partial charge in [0.15, 0.2) is 0 Å². The predicted molar refractivity (Wildman–Crippen MR) is 83.3 cm³/mol. The zero-order valence-corrected chi connectivity index (χ0v) is 13.5. The minimum absolute atomic E-state index is 0.410. The molecule has 0 saturated carbocycles. The SMILES string of the molecule is CC(C)C1CCCN(Cc2cc(Br)ccc2O)CC1. The minimum Gasteiger partial charge on any atom is -0.508 e. The number of nitrogens with zero attached hydrogens (tertiary/aromatic N) is 1. The summed E-state index contributed by atoms with van der Waals surface area (Å²) in [4.78, 5) is 2.48. The Bertz CT molecular complexity index is 419. The number of rotatable bonds is 3. The summed E-state index contributed by atoms with van der Waals surface area (Å²) in [6.45, 7) is 7.82. The lowest BCUT2D eigenvalue weighted by atomic mass is 9.89. The molecule has 1 atom stereocenters. The number of phenolic OH excluding ortho intramolecular Hbond substituents is 1. The molecule has 1 heterocycles. The molecule has 0 radical (unpaired) electrons. The Morgan fingerprint density at radius 1 is 1.32 bits per heavy atom. The Balaban J connectivity index is 1.98. The summed E-state index contributed by atoms with van der Waals surface area (Å²) in [5, 5.41) is 9.93. The number of benzene rings is 1. The van der Waals surface area contributed by atoms with Gasteiger partial charge in [-0.25, -0.2) is 0 Å². The van der Waals surface area contributed by atoms with Gasteiger partial charge >= 0.3 is 0 Å². The number of likely N-dealkylation sites (tertiary alicyclic amines) is 1. The van der Waals surface area contributed by atoms with Crippen molar-refractivity contribution in [2.75, 3.05) is 13.1 Å². The molecule has 1 aliphatic rings. The second kappa shape index (κ2) is 6.76. The van der Waals surface area contributed by atoms with E-state index in [0.29, 0.717) is 5.75 Å². The topological polar surface area (TPSA) is 23.5 Å². The van der Waals surface area contributed by atoms with Crippen LogP contribution in [-0.4, -0.2) is 23.1 Å². The van der Waals surface area contributed by atoms with Crippen LogP contribution in [0.25, 0.3) is 0 Å². The largest absolute Gasteiger partial charge is 0.508 e. The van der Waals surface area contributed by atoms with Crippen LogP contribution in [0.4, 0.5) is 0 Å². The van der Waals surface area contributed by atoms with Gasteiger partial charge in [0.05, 0.1) is 0 Å². The van der Waals surface area contributed by atoms with Crippen molar-refractivity contribution in [2.24, 2.45) is 11.8 Å². The van der Waals surface area contributed by atoms with Crippen LogP contribution in [0.3, 0.4) is 0 Å². The van der Waals surface area contributed by atoms with E-state index in [9.17, 15) is 5.11 Å². The Labute approximate surface area is 124 Å². The maximum atomic E-state index is 9.93. The van der Waals surface area contributed by atoms with Crippen LogP contribution in [0.2, 0.25) is 0 Å². The van der Waals surface area contributed by atoms with Crippen LogP contribution in [0.15, 0.2) is 22.7 Å². The molecule has 0 aliphatic carbocycles. The van der Waals surface area contributed by atoms with E-state index < -0.39 is 0 Å². The highest BCUT2D eigenvalue weighted by atomic mass is 79.9. The molecular weight excluding hydrogens is 302 g/mol. The van der Waals surface area contributed by atoms with Gasteiger partial charge < -0.3 is 5.11 Å². The van der Waals surface area contributed by atoms with Gasteiger partial charge in [0.25, 0.3) is 0 Å². The summed E-state index contributed by atoms with van der Waals surface area (Å²) in [7, 11) is 0. The Kier molecular flexibility index (Phi) is 5.28. The predicted octanol–water partition coefficient (Wildman–Crippen LogP) is 4.41. The van der Waals surface area contributed by atoms with Gasteiger partial charge in [-0.3, -0.25) is 4.90 Å². The third-order valence-corrected chi connectivity index (χ3v) is 4.74. The normalized spacial score (nSPS) is 21.6. The maximum Gasteiger partial charge on any atom is 0.120 e. The van der Waals surface area contributed by atoms with Gasteiger partial charge in [-0.15, -0.1) is 0 Å². The van der Waals surface area contributed by atoms with E-state index in [4.69, 9.17) is 0 Å². The zero-order valence-electron chi connectivity index (χ0n) is 11.9. The molecule has 2 nitrogen and oxygen atoms in total. The second-order valence-corrected chi connectivity index (χ2v) is 6.90. The van der Waals surface area contributed by atoms with Crippen LogP contribution >= 0.6 is 15.9 Å². The highest BCUT2D eigenvalue weighted by Gasteiger charge is 2.20. The Hall–Kier alpha value is -0.540. The molecule has 1 unspecified atom stereocenters. The lowest BCUT2D eigenvalue weighted by Crippen LogP contribution is -2.24. The molecule has 0 bridgehead atoms. The first-order valence-electron chi connectivity index (χ1n) is 7.26. The van der Waals surface area contributed by atoms with E-state index in [2.05, 4.69) is 34.7 Å². The molecule has 1 N–H and O–H groups in total. The molecule has 1 aromatic carbocycles. The van der Waals surface area contributed by atoms with E-state index in [0.717, 1.165) is 41.5 Å². The Morgan fingerprint density at radius 3 is 2.84 bits per heavy atom. The van der Waals surface area contributed by atoms with E-state index >= 15 is 0 Å². The van der Waals surface area contributed by atoms with Crippen molar-refractivity contribution in [1.82, 2.24) is 4.90 Å². The van der Waals surface area contributed by atoms with E-state index in [1.807, 2.05) is 12.1 Å². The summed E-state index contributed by atoms with van der Waals surface area (Å²) in [6.07, 6.45) is 3.91. The average Bonchev–Trinajstić information content (AvgIpc) is 2.59. The van der Waals surface area contributed by atoms with Crippen molar-refractivity contribution in [3.63, 3.8) is 0 Å². The fourth-order valence-electron chi connectivity index (χ4n) is 2.93. The number of hydrogen-bond acceptors (Lipinski definition) is 2. The van der Waals surface area contributed by atoms with Crippen molar-refractivity contribution in [2.45, 2.75) is 39.7 Å². The van der Waals surface area contributed by atoms with E-state index in [-0.39, 0.29) is 0 Å². The van der Waals surface area contributed by atoms with Crippen molar-refractivity contribution in [3.05, 3.63) is 28.2 Å². The first-order chi connectivity index (χ1) is 9.06. The van der Waals surface area contributed by atoms with Crippen molar-refractivity contribution >= 4 is 15.9 Å². The first-order valence-corrected chi connectivity index (χ1v) is 8.05. The molecule has 0 amide bonds. The van der Waals surface area contributed by atoms with Crippen LogP contribution in [-0.2, 0) is 6.54 Å². The monoisotopic (exact) mass is 325 g/mol. The van der Waals surface area contributed by atoms with Gasteiger partial charge in [0.1, 0.15) is 5.75 Å². The standard InChI is InChI=1S/C16H24BrNO/c1-12(2)13-4-3-8-18(9-7-13)11-14-10-15(17)5-6-16(14)19/h5-6,10,12-13,19H,3-4,7-9,11H2,1-2H3. The van der Waals surface area contributed by atoms with Crippen molar-refractivity contribution in [1.29, 1.82) is 0 Å². The summed E-state index contributed by atoms with van der Waals surface area (Å²) in [6, 6.07) is 5.68. The molecule has 3 heteroatoms. The lowest BCUT2D eigenvalue weighted by molar-refractivity contribution is 0.261. The Morgan fingerprint density at radius 2 is 2.11 bits per heavy atom. The van der Waals surface area contributed by atoms with E-state index in [1.165, 1.54) is 19.3 Å². The van der Waals surface area contributed by atoms with Crippen LogP contribution in [0.5, 0.6) is 5.75 Å². The highest BCUT2D eigenvalue weighted by molar-refractivity contribution is 9.10. The first kappa shape index (κ1) is 14.9. The van der Waals surface area contributed by atoms with Crippen LogP contribution < -0.4 is 0 Å². The summed E-state index contributed by atoms with van der Waals surface area (Å²) < 4.78 is 1.04. The quantitative estimate of drug-likeness (QED) is 0.889. The third kappa shape index (κ3) is 4.22. The molecule has 2 rings (SSSR count). The average molecular weight is 326 g/mol. The van der Waals surface area contributed by atoms with Crippen LogP contribution in [0, 0.1) is 11.8 Å². The summed E-state index contributed by atoms with van der Waals surface area (Å²) in [5.74, 6) is 2.06. The molecule has 1 fully saturated rings. The molecule has 1 aromatic rings. The van der Waals surface area contributed by atoms with Crippen molar-refractivity contribution < 1.29 is 5.11 Å². The molecular formula is C16H24BrNO. The molecule has 106 valence electrons. The smallest absolute Gasteiger partial charge is 0.120 e. The molecule has 1 aliphatic heterocycles. The van der Waals surface area contributed by atoms with Crippen molar-refractivity contribution in [3.8, 4) is 5.75 Å². The molecule has 1 saturated heterocycles. The molecule has 0 spiro atoms. The van der Waals surface area contributed by atoms with Crippen LogP contribution in [0.1, 0.15) is 38.7 Å².